The molecule has 0 bridgehead atoms. The molecule has 1 aromatic heterocycles. The zero-order valence-corrected chi connectivity index (χ0v) is 20.3. The highest BCUT2D eigenvalue weighted by molar-refractivity contribution is 9.10. The summed E-state index contributed by atoms with van der Waals surface area (Å²) in [5.74, 6) is -4.85. The number of aromatic nitrogens is 1. The molecule has 0 fully saturated rings. The Hall–Kier alpha value is -3.76. The molecule has 0 spiro atoms. The topological polar surface area (TPSA) is 92.2 Å². The van der Waals surface area contributed by atoms with E-state index in [0.717, 1.165) is 26.8 Å². The van der Waals surface area contributed by atoms with E-state index in [0.29, 0.717) is 27.7 Å². The molecule has 7 nitrogen and oxygen atoms in total. The van der Waals surface area contributed by atoms with Crippen LogP contribution in [0.2, 0.25) is 5.02 Å². The molecular weight excluding hydrogens is 546 g/mol. The molecular formula is C24H16BrClF2N4O3. The summed E-state index contributed by atoms with van der Waals surface area (Å²) in [5.41, 5.74) is 3.69. The summed E-state index contributed by atoms with van der Waals surface area (Å²) < 4.78 is 28.9. The Morgan fingerprint density at radius 3 is 2.40 bits per heavy atom. The zero-order chi connectivity index (χ0) is 25.3. The van der Waals surface area contributed by atoms with Crippen LogP contribution in [0.1, 0.15) is 16.1 Å². The van der Waals surface area contributed by atoms with E-state index in [2.05, 4.69) is 32.0 Å². The second-order valence-electron chi connectivity index (χ2n) is 7.51. The number of halogens is 4. The molecule has 0 aliphatic rings. The van der Waals surface area contributed by atoms with E-state index in [4.69, 9.17) is 11.6 Å². The quantitative estimate of drug-likeness (QED) is 0.283. The molecule has 35 heavy (non-hydrogen) atoms. The highest BCUT2D eigenvalue weighted by Crippen LogP contribution is 2.25. The predicted molar refractivity (Wildman–Crippen MR) is 133 cm³/mol. The molecule has 178 valence electrons. The Bertz CT molecular complexity index is 1510. The normalized spacial score (nSPS) is 10.8. The maximum atomic E-state index is 13.9. The second-order valence-corrected chi connectivity index (χ2v) is 8.83. The second kappa shape index (κ2) is 9.85. The van der Waals surface area contributed by atoms with Gasteiger partial charge in [0.05, 0.1) is 11.2 Å². The lowest BCUT2D eigenvalue weighted by Crippen LogP contribution is -2.36. The van der Waals surface area contributed by atoms with Gasteiger partial charge < -0.3 is 10.6 Å². The Labute approximate surface area is 211 Å². The number of carbonyl (C=O) groups is 3. The van der Waals surface area contributed by atoms with Crippen LogP contribution in [-0.2, 0) is 9.59 Å². The third-order valence-corrected chi connectivity index (χ3v) is 5.93. The lowest BCUT2D eigenvalue weighted by Gasteiger charge is -2.13. The van der Waals surface area contributed by atoms with Crippen molar-refractivity contribution in [3.63, 3.8) is 0 Å². The third-order valence-electron chi connectivity index (χ3n) is 5.02. The molecule has 3 N–H and O–H groups in total. The van der Waals surface area contributed by atoms with Gasteiger partial charge in [0.2, 0.25) is 0 Å². The van der Waals surface area contributed by atoms with Gasteiger partial charge in [-0.05, 0) is 61.0 Å². The molecule has 0 radical (unpaired) electrons. The molecule has 1 heterocycles. The fourth-order valence-electron chi connectivity index (χ4n) is 3.26. The van der Waals surface area contributed by atoms with E-state index >= 15 is 0 Å². The third kappa shape index (κ3) is 5.33. The van der Waals surface area contributed by atoms with Gasteiger partial charge >= 0.3 is 11.8 Å². The Balaban J connectivity index is 1.63. The van der Waals surface area contributed by atoms with Crippen molar-refractivity contribution in [2.45, 2.75) is 6.92 Å². The van der Waals surface area contributed by atoms with Crippen LogP contribution in [-0.4, -0.2) is 22.4 Å². The number of carbonyl (C=O) groups excluding carboxylic acids is 3. The standard InChI is InChI=1S/C24H16BrClF2N4O3/c1-12-2-5-16(11-17(12)26)29-22(33)21-9-13-8-14(25)3-7-20(13)32(21)31-24(35)23(34)30-19-6-4-15(27)10-18(19)28/h2-11H,1H3,(H,29,33)(H,30,34)(H,31,35). The molecule has 0 aliphatic heterocycles. The van der Waals surface area contributed by atoms with Crippen molar-refractivity contribution in [3.8, 4) is 0 Å². The van der Waals surface area contributed by atoms with Crippen molar-refractivity contribution in [1.82, 2.24) is 4.68 Å². The smallest absolute Gasteiger partial charge is 0.321 e. The molecule has 0 unspecified atom stereocenters. The first-order chi connectivity index (χ1) is 16.6. The van der Waals surface area contributed by atoms with Crippen molar-refractivity contribution >= 4 is 67.5 Å². The van der Waals surface area contributed by atoms with E-state index in [1.54, 1.807) is 36.4 Å². The van der Waals surface area contributed by atoms with Gasteiger partial charge in [0.1, 0.15) is 17.3 Å². The van der Waals surface area contributed by atoms with Gasteiger partial charge in [-0.25, -0.2) is 13.5 Å². The minimum absolute atomic E-state index is 0.0175. The maximum absolute atomic E-state index is 13.9. The average Bonchev–Trinajstić information content (AvgIpc) is 3.15. The molecule has 3 aromatic carbocycles. The van der Waals surface area contributed by atoms with Crippen molar-refractivity contribution in [2.75, 3.05) is 16.1 Å². The van der Waals surface area contributed by atoms with Gasteiger partial charge in [0, 0.05) is 26.6 Å². The van der Waals surface area contributed by atoms with Gasteiger partial charge in [0.15, 0.2) is 0 Å². The highest BCUT2D eigenvalue weighted by Gasteiger charge is 2.22. The van der Waals surface area contributed by atoms with Crippen LogP contribution in [0.3, 0.4) is 0 Å². The van der Waals surface area contributed by atoms with Crippen molar-refractivity contribution in [1.29, 1.82) is 0 Å². The van der Waals surface area contributed by atoms with E-state index in [1.807, 2.05) is 6.92 Å². The summed E-state index contributed by atoms with van der Waals surface area (Å²) in [5, 5.41) is 5.84. The van der Waals surface area contributed by atoms with E-state index in [9.17, 15) is 23.2 Å². The van der Waals surface area contributed by atoms with E-state index in [-0.39, 0.29) is 11.4 Å². The lowest BCUT2D eigenvalue weighted by atomic mass is 10.2. The Morgan fingerprint density at radius 2 is 1.69 bits per heavy atom. The number of nitrogens with zero attached hydrogens (tertiary/aromatic N) is 1. The Morgan fingerprint density at radius 1 is 0.914 bits per heavy atom. The minimum atomic E-state index is -1.22. The van der Waals surface area contributed by atoms with Crippen LogP contribution in [0.5, 0.6) is 0 Å². The number of aryl methyl sites for hydroxylation is 1. The van der Waals surface area contributed by atoms with Gasteiger partial charge in [-0.15, -0.1) is 0 Å². The summed E-state index contributed by atoms with van der Waals surface area (Å²) >= 11 is 9.49. The number of amides is 3. The summed E-state index contributed by atoms with van der Waals surface area (Å²) in [7, 11) is 0. The number of rotatable bonds is 4. The fraction of sp³-hybridized carbons (Fsp3) is 0.0417. The van der Waals surface area contributed by atoms with Crippen molar-refractivity contribution in [3.05, 3.63) is 93.1 Å². The molecule has 0 atom stereocenters. The summed E-state index contributed by atoms with van der Waals surface area (Å²) in [4.78, 5) is 38.1. The number of fused-ring (bicyclic) bond motifs is 1. The molecule has 11 heteroatoms. The van der Waals surface area contributed by atoms with E-state index in [1.165, 1.54) is 6.07 Å². The van der Waals surface area contributed by atoms with Crippen molar-refractivity contribution in [2.24, 2.45) is 0 Å². The molecule has 4 rings (SSSR count). The predicted octanol–water partition coefficient (Wildman–Crippen LogP) is 5.60. The molecule has 0 saturated carbocycles. The molecule has 0 saturated heterocycles. The fourth-order valence-corrected chi connectivity index (χ4v) is 3.82. The molecule has 0 aliphatic carbocycles. The average molecular weight is 562 g/mol. The van der Waals surface area contributed by atoms with Crippen LogP contribution >= 0.6 is 27.5 Å². The van der Waals surface area contributed by atoms with Gasteiger partial charge in [-0.3, -0.25) is 19.8 Å². The largest absolute Gasteiger partial charge is 0.328 e. The number of hydrogen-bond donors (Lipinski definition) is 3. The van der Waals surface area contributed by atoms with Gasteiger partial charge in [-0.1, -0.05) is 33.6 Å². The van der Waals surface area contributed by atoms with Crippen LogP contribution in [0.15, 0.2) is 65.1 Å². The van der Waals surface area contributed by atoms with Crippen LogP contribution in [0, 0.1) is 18.6 Å². The number of nitrogens with one attached hydrogen (secondary N) is 3. The maximum Gasteiger partial charge on any atom is 0.328 e. The SMILES string of the molecule is Cc1ccc(NC(=O)c2cc3cc(Br)ccc3n2NC(=O)C(=O)Nc2ccc(F)cc2F)cc1Cl. The number of hydrogen-bond acceptors (Lipinski definition) is 3. The first-order valence-electron chi connectivity index (χ1n) is 10.1. The minimum Gasteiger partial charge on any atom is -0.321 e. The van der Waals surface area contributed by atoms with E-state index < -0.39 is 29.4 Å². The van der Waals surface area contributed by atoms with Crippen molar-refractivity contribution < 1.29 is 23.2 Å². The van der Waals surface area contributed by atoms with Crippen LogP contribution in [0.4, 0.5) is 20.2 Å². The number of benzene rings is 3. The zero-order valence-electron chi connectivity index (χ0n) is 18.0. The van der Waals surface area contributed by atoms with Gasteiger partial charge in [0.25, 0.3) is 5.91 Å². The molecule has 3 amide bonds. The first kappa shape index (κ1) is 24.4. The molecule has 4 aromatic rings. The number of anilines is 2. The summed E-state index contributed by atoms with van der Waals surface area (Å²) in [6, 6.07) is 14.1. The van der Waals surface area contributed by atoms with Crippen LogP contribution in [0.25, 0.3) is 10.9 Å². The monoisotopic (exact) mass is 560 g/mol. The van der Waals surface area contributed by atoms with Crippen LogP contribution < -0.4 is 16.1 Å². The summed E-state index contributed by atoms with van der Waals surface area (Å²) in [6.07, 6.45) is 0. The lowest BCUT2D eigenvalue weighted by molar-refractivity contribution is -0.133. The summed E-state index contributed by atoms with van der Waals surface area (Å²) in [6.45, 7) is 1.82. The van der Waals surface area contributed by atoms with Gasteiger partial charge in [-0.2, -0.15) is 0 Å². The Kier molecular flexibility index (Phi) is 6.86. The first-order valence-corrected chi connectivity index (χ1v) is 11.3. The highest BCUT2D eigenvalue weighted by atomic mass is 79.9.